The number of cyclic esters (lactones) is 1. The molecule has 0 amide bonds. The first-order chi connectivity index (χ1) is 11.2. The summed E-state index contributed by atoms with van der Waals surface area (Å²) in [4.78, 5) is 16.2. The zero-order chi connectivity index (χ0) is 16.2. The van der Waals surface area contributed by atoms with E-state index in [1.165, 1.54) is 24.3 Å². The molecule has 0 radical (unpaired) electrons. The number of rotatable bonds is 4. The van der Waals surface area contributed by atoms with Crippen molar-refractivity contribution in [1.82, 2.24) is 0 Å². The lowest BCUT2D eigenvalue weighted by Crippen LogP contribution is -2.05. The molecule has 0 N–H and O–H groups in total. The van der Waals surface area contributed by atoms with Gasteiger partial charge in [-0.1, -0.05) is 18.2 Å². The standard InChI is InChI=1S/C18H14FNO3/c1-2-22-16-6-4-3-5-13(16)11-15-18(21)23-17(20-15)12-7-9-14(19)10-8-12/h3-11H,2H2,1H3/b15-11-. The van der Waals surface area contributed by atoms with Crippen LogP contribution in [0.3, 0.4) is 0 Å². The summed E-state index contributed by atoms with van der Waals surface area (Å²) in [5, 5.41) is 0. The van der Waals surface area contributed by atoms with E-state index >= 15 is 0 Å². The molecular formula is C18H14FNO3. The van der Waals surface area contributed by atoms with E-state index < -0.39 is 5.97 Å². The minimum Gasteiger partial charge on any atom is -0.493 e. The Kier molecular flexibility index (Phi) is 4.19. The molecule has 5 heteroatoms. The van der Waals surface area contributed by atoms with E-state index in [4.69, 9.17) is 9.47 Å². The number of esters is 1. The van der Waals surface area contributed by atoms with Crippen molar-refractivity contribution in [3.05, 3.63) is 71.2 Å². The lowest BCUT2D eigenvalue weighted by atomic mass is 10.1. The van der Waals surface area contributed by atoms with Crippen LogP contribution >= 0.6 is 0 Å². The zero-order valence-corrected chi connectivity index (χ0v) is 12.5. The first-order valence-electron chi connectivity index (χ1n) is 7.17. The Morgan fingerprint density at radius 2 is 1.91 bits per heavy atom. The van der Waals surface area contributed by atoms with Gasteiger partial charge in [0.25, 0.3) is 0 Å². The zero-order valence-electron chi connectivity index (χ0n) is 12.5. The number of carbonyl (C=O) groups excluding carboxylic acids is 1. The van der Waals surface area contributed by atoms with Crippen LogP contribution in [-0.4, -0.2) is 18.5 Å². The molecule has 1 aliphatic heterocycles. The summed E-state index contributed by atoms with van der Waals surface area (Å²) >= 11 is 0. The second kappa shape index (κ2) is 6.44. The van der Waals surface area contributed by atoms with E-state index in [0.717, 1.165) is 5.56 Å². The van der Waals surface area contributed by atoms with Crippen LogP contribution in [0.2, 0.25) is 0 Å². The van der Waals surface area contributed by atoms with Crippen LogP contribution in [0.15, 0.2) is 59.2 Å². The Morgan fingerprint density at radius 1 is 1.17 bits per heavy atom. The highest BCUT2D eigenvalue weighted by Crippen LogP contribution is 2.24. The summed E-state index contributed by atoms with van der Waals surface area (Å²) in [6.45, 7) is 2.41. The molecule has 0 bridgehead atoms. The van der Waals surface area contributed by atoms with Gasteiger partial charge in [-0.15, -0.1) is 0 Å². The fourth-order valence-corrected chi connectivity index (χ4v) is 2.16. The van der Waals surface area contributed by atoms with Gasteiger partial charge in [-0.05, 0) is 43.3 Å². The summed E-state index contributed by atoms with van der Waals surface area (Å²) in [6, 6.07) is 13.0. The maximum absolute atomic E-state index is 13.0. The molecule has 0 aliphatic carbocycles. The van der Waals surface area contributed by atoms with E-state index in [1.807, 2.05) is 31.2 Å². The van der Waals surface area contributed by atoms with E-state index in [0.29, 0.717) is 17.9 Å². The van der Waals surface area contributed by atoms with Crippen molar-refractivity contribution >= 4 is 17.9 Å². The number of nitrogens with zero attached hydrogens (tertiary/aromatic N) is 1. The molecule has 3 rings (SSSR count). The molecule has 0 spiro atoms. The maximum atomic E-state index is 13.0. The van der Waals surface area contributed by atoms with Crippen molar-refractivity contribution in [3.8, 4) is 5.75 Å². The van der Waals surface area contributed by atoms with E-state index in [2.05, 4.69) is 4.99 Å². The van der Waals surface area contributed by atoms with Crippen molar-refractivity contribution in [2.24, 2.45) is 4.99 Å². The second-order valence-electron chi connectivity index (χ2n) is 4.81. The highest BCUT2D eigenvalue weighted by Gasteiger charge is 2.24. The number of para-hydroxylation sites is 1. The maximum Gasteiger partial charge on any atom is 0.363 e. The number of hydrogen-bond acceptors (Lipinski definition) is 4. The molecule has 0 saturated heterocycles. The SMILES string of the molecule is CCOc1ccccc1/C=C1\N=C(c2ccc(F)cc2)OC1=O. The monoisotopic (exact) mass is 311 g/mol. The Bertz CT molecular complexity index is 794. The molecule has 0 unspecified atom stereocenters. The quantitative estimate of drug-likeness (QED) is 0.640. The fourth-order valence-electron chi connectivity index (χ4n) is 2.16. The third-order valence-corrected chi connectivity index (χ3v) is 3.22. The normalized spacial score (nSPS) is 15.5. The third-order valence-electron chi connectivity index (χ3n) is 3.22. The topological polar surface area (TPSA) is 47.9 Å². The van der Waals surface area contributed by atoms with E-state index in [1.54, 1.807) is 6.08 Å². The van der Waals surface area contributed by atoms with Crippen LogP contribution in [-0.2, 0) is 9.53 Å². The highest BCUT2D eigenvalue weighted by atomic mass is 19.1. The third kappa shape index (κ3) is 3.29. The molecule has 0 fully saturated rings. The van der Waals surface area contributed by atoms with Gasteiger partial charge in [-0.2, -0.15) is 0 Å². The fraction of sp³-hybridized carbons (Fsp3) is 0.111. The Balaban J connectivity index is 1.94. The van der Waals surface area contributed by atoms with Gasteiger partial charge in [0, 0.05) is 11.1 Å². The minimum absolute atomic E-state index is 0.162. The largest absolute Gasteiger partial charge is 0.493 e. The first-order valence-corrected chi connectivity index (χ1v) is 7.17. The van der Waals surface area contributed by atoms with Crippen LogP contribution in [0, 0.1) is 5.82 Å². The second-order valence-corrected chi connectivity index (χ2v) is 4.81. The average Bonchev–Trinajstić information content (AvgIpc) is 2.91. The molecule has 0 atom stereocenters. The lowest BCUT2D eigenvalue weighted by Gasteiger charge is -2.06. The molecular weight excluding hydrogens is 297 g/mol. The van der Waals surface area contributed by atoms with Crippen molar-refractivity contribution in [2.45, 2.75) is 6.92 Å². The van der Waals surface area contributed by atoms with Crippen molar-refractivity contribution in [2.75, 3.05) is 6.61 Å². The molecule has 1 aliphatic rings. The van der Waals surface area contributed by atoms with Gasteiger partial charge in [0.05, 0.1) is 6.61 Å². The van der Waals surface area contributed by atoms with Gasteiger partial charge in [0.15, 0.2) is 5.70 Å². The van der Waals surface area contributed by atoms with Gasteiger partial charge < -0.3 is 9.47 Å². The molecule has 23 heavy (non-hydrogen) atoms. The van der Waals surface area contributed by atoms with Gasteiger partial charge in [0.2, 0.25) is 5.90 Å². The average molecular weight is 311 g/mol. The van der Waals surface area contributed by atoms with E-state index in [-0.39, 0.29) is 17.4 Å². The van der Waals surface area contributed by atoms with E-state index in [9.17, 15) is 9.18 Å². The Morgan fingerprint density at radius 3 is 2.65 bits per heavy atom. The molecule has 2 aromatic rings. The molecule has 2 aromatic carbocycles. The van der Waals surface area contributed by atoms with Gasteiger partial charge in [-0.3, -0.25) is 0 Å². The van der Waals surface area contributed by atoms with Crippen molar-refractivity contribution in [3.63, 3.8) is 0 Å². The van der Waals surface area contributed by atoms with Gasteiger partial charge in [0.1, 0.15) is 11.6 Å². The Hall–Kier alpha value is -2.95. The van der Waals surface area contributed by atoms with Crippen LogP contribution < -0.4 is 4.74 Å². The molecule has 0 saturated carbocycles. The molecule has 116 valence electrons. The number of benzene rings is 2. The highest BCUT2D eigenvalue weighted by molar-refractivity contribution is 6.12. The van der Waals surface area contributed by atoms with Crippen LogP contribution in [0.4, 0.5) is 4.39 Å². The molecule has 4 nitrogen and oxygen atoms in total. The summed E-state index contributed by atoms with van der Waals surface area (Å²) in [5.41, 5.74) is 1.46. The summed E-state index contributed by atoms with van der Waals surface area (Å²) in [5.74, 6) is -0.0772. The summed E-state index contributed by atoms with van der Waals surface area (Å²) < 4.78 is 23.6. The van der Waals surface area contributed by atoms with Crippen LogP contribution in [0.1, 0.15) is 18.1 Å². The number of hydrogen-bond donors (Lipinski definition) is 0. The summed E-state index contributed by atoms with van der Waals surface area (Å²) in [6.07, 6.45) is 1.61. The summed E-state index contributed by atoms with van der Waals surface area (Å²) in [7, 11) is 0. The number of carbonyl (C=O) groups is 1. The first kappa shape index (κ1) is 15.0. The Labute approximate surface area is 132 Å². The van der Waals surface area contributed by atoms with Crippen LogP contribution in [0.5, 0.6) is 5.75 Å². The molecule has 1 heterocycles. The number of aliphatic imine (C=N–C) groups is 1. The predicted molar refractivity (Wildman–Crippen MR) is 84.6 cm³/mol. The molecule has 0 aromatic heterocycles. The van der Waals surface area contributed by atoms with Crippen molar-refractivity contribution < 1.29 is 18.7 Å². The minimum atomic E-state index is -0.546. The smallest absolute Gasteiger partial charge is 0.363 e. The van der Waals surface area contributed by atoms with Crippen LogP contribution in [0.25, 0.3) is 6.08 Å². The number of halogens is 1. The predicted octanol–water partition coefficient (Wildman–Crippen LogP) is 3.57. The van der Waals surface area contributed by atoms with Gasteiger partial charge >= 0.3 is 5.97 Å². The lowest BCUT2D eigenvalue weighted by molar-refractivity contribution is -0.129. The van der Waals surface area contributed by atoms with Gasteiger partial charge in [-0.25, -0.2) is 14.2 Å². The van der Waals surface area contributed by atoms with Crippen molar-refractivity contribution in [1.29, 1.82) is 0 Å². The number of ether oxygens (including phenoxy) is 2.